The minimum absolute atomic E-state index is 0.000833. The molecule has 0 saturated heterocycles. The number of allylic oxidation sites excluding steroid dienone is 1. The van der Waals surface area contributed by atoms with Crippen LogP contribution in [0.1, 0.15) is 16.1 Å². The van der Waals surface area contributed by atoms with Crippen molar-refractivity contribution in [2.24, 2.45) is 0 Å². The molecule has 84 valence electrons. The Morgan fingerprint density at radius 2 is 1.65 bits per heavy atom. The fraction of sp³-hybridized carbons (Fsp3) is 0. The van der Waals surface area contributed by atoms with E-state index in [9.17, 15) is 19.8 Å². The maximum absolute atomic E-state index is 11.7. The molecule has 1 aliphatic carbocycles. The summed E-state index contributed by atoms with van der Waals surface area (Å²) in [6.45, 7) is 0. The van der Waals surface area contributed by atoms with E-state index in [2.05, 4.69) is 0 Å². The SMILES string of the molecule is O=C1C(=O)c2c(oc3ccccc23)C(O)=C1O. The van der Waals surface area contributed by atoms with Crippen LogP contribution < -0.4 is 0 Å². The number of ketones is 2. The van der Waals surface area contributed by atoms with Gasteiger partial charge in [-0.3, -0.25) is 9.59 Å². The highest BCUT2D eigenvalue weighted by molar-refractivity contribution is 6.53. The third-order valence-electron chi connectivity index (χ3n) is 2.68. The normalized spacial score (nSPS) is 15.5. The number of aliphatic hydroxyl groups is 2. The fourth-order valence-electron chi connectivity index (χ4n) is 1.87. The Balaban J connectivity index is 2.48. The number of aliphatic hydroxyl groups excluding tert-OH is 2. The molecule has 1 aliphatic rings. The maximum Gasteiger partial charge on any atom is 0.271 e. The number of carbonyl (C=O) groups is 2. The molecule has 1 aromatic heterocycles. The molecule has 5 heteroatoms. The second kappa shape index (κ2) is 2.98. The Kier molecular flexibility index (Phi) is 1.69. The molecule has 0 atom stereocenters. The third-order valence-corrected chi connectivity index (χ3v) is 2.68. The number of hydrogen-bond donors (Lipinski definition) is 2. The summed E-state index contributed by atoms with van der Waals surface area (Å²) in [5.41, 5.74) is 0.376. The number of carbonyl (C=O) groups excluding carboxylic acids is 2. The van der Waals surface area contributed by atoms with E-state index in [4.69, 9.17) is 4.42 Å². The highest BCUT2D eigenvalue weighted by Gasteiger charge is 2.37. The van der Waals surface area contributed by atoms with Gasteiger partial charge < -0.3 is 14.6 Å². The van der Waals surface area contributed by atoms with Crippen LogP contribution in [0.25, 0.3) is 16.7 Å². The van der Waals surface area contributed by atoms with Gasteiger partial charge in [0, 0.05) is 5.39 Å². The van der Waals surface area contributed by atoms with Gasteiger partial charge in [0.2, 0.25) is 17.3 Å². The fourth-order valence-corrected chi connectivity index (χ4v) is 1.87. The summed E-state index contributed by atoms with van der Waals surface area (Å²) in [4.78, 5) is 23.1. The number of benzene rings is 1. The molecule has 0 saturated carbocycles. The Labute approximate surface area is 94.6 Å². The lowest BCUT2D eigenvalue weighted by Crippen LogP contribution is -2.22. The average molecular weight is 230 g/mol. The zero-order valence-electron chi connectivity index (χ0n) is 8.43. The van der Waals surface area contributed by atoms with E-state index in [-0.39, 0.29) is 11.3 Å². The molecule has 2 N–H and O–H groups in total. The van der Waals surface area contributed by atoms with Gasteiger partial charge in [-0.15, -0.1) is 0 Å². The smallest absolute Gasteiger partial charge is 0.271 e. The summed E-state index contributed by atoms with van der Waals surface area (Å²) in [5.74, 6) is -3.82. The van der Waals surface area contributed by atoms with Gasteiger partial charge >= 0.3 is 0 Å². The van der Waals surface area contributed by atoms with Gasteiger partial charge in [-0.05, 0) is 6.07 Å². The molecule has 0 spiro atoms. The van der Waals surface area contributed by atoms with Crippen molar-refractivity contribution in [3.8, 4) is 0 Å². The van der Waals surface area contributed by atoms with Crippen LogP contribution in [0.3, 0.4) is 0 Å². The van der Waals surface area contributed by atoms with Gasteiger partial charge in [-0.1, -0.05) is 18.2 Å². The van der Waals surface area contributed by atoms with Gasteiger partial charge in [-0.25, -0.2) is 0 Å². The van der Waals surface area contributed by atoms with Crippen molar-refractivity contribution in [1.82, 2.24) is 0 Å². The van der Waals surface area contributed by atoms with Crippen molar-refractivity contribution in [3.05, 3.63) is 41.3 Å². The van der Waals surface area contributed by atoms with Gasteiger partial charge in [-0.2, -0.15) is 0 Å². The van der Waals surface area contributed by atoms with E-state index in [1.807, 2.05) is 0 Å². The topological polar surface area (TPSA) is 87.7 Å². The van der Waals surface area contributed by atoms with E-state index in [1.165, 1.54) is 0 Å². The maximum atomic E-state index is 11.7. The molecule has 5 nitrogen and oxygen atoms in total. The highest BCUT2D eigenvalue weighted by atomic mass is 16.4. The monoisotopic (exact) mass is 230 g/mol. The zero-order valence-corrected chi connectivity index (χ0v) is 8.43. The number of furan rings is 1. The molecule has 0 bridgehead atoms. The van der Waals surface area contributed by atoms with Gasteiger partial charge in [0.15, 0.2) is 5.76 Å². The molecule has 1 heterocycles. The molecule has 2 aromatic rings. The molecule has 3 rings (SSSR count). The van der Waals surface area contributed by atoms with Crippen molar-refractivity contribution in [3.63, 3.8) is 0 Å². The molecular weight excluding hydrogens is 224 g/mol. The van der Waals surface area contributed by atoms with Crippen molar-refractivity contribution in [2.75, 3.05) is 0 Å². The van der Waals surface area contributed by atoms with Crippen LogP contribution in [0.15, 0.2) is 34.4 Å². The molecular formula is C12H6O5. The summed E-state index contributed by atoms with van der Waals surface area (Å²) in [7, 11) is 0. The standard InChI is InChI=1S/C12H6O5/c13-8-7-5-3-1-2-4-6(5)17-12(7)11(16)10(15)9(8)14/h1-4,15-16H. The number of Topliss-reactive ketones (excluding diaryl/α,β-unsaturated/α-hetero) is 2. The van der Waals surface area contributed by atoms with Crippen LogP contribution in [0.5, 0.6) is 0 Å². The van der Waals surface area contributed by atoms with Crippen LogP contribution in [0, 0.1) is 0 Å². The number of para-hydroxylation sites is 1. The van der Waals surface area contributed by atoms with Crippen LogP contribution in [-0.4, -0.2) is 21.8 Å². The highest BCUT2D eigenvalue weighted by Crippen LogP contribution is 2.34. The van der Waals surface area contributed by atoms with Crippen molar-refractivity contribution in [1.29, 1.82) is 0 Å². The third kappa shape index (κ3) is 1.08. The first-order valence-corrected chi connectivity index (χ1v) is 4.84. The lowest BCUT2D eigenvalue weighted by molar-refractivity contribution is -0.114. The van der Waals surface area contributed by atoms with E-state index >= 15 is 0 Å². The number of fused-ring (bicyclic) bond motifs is 3. The summed E-state index contributed by atoms with van der Waals surface area (Å²) in [6, 6.07) is 6.60. The molecule has 0 unspecified atom stereocenters. The largest absolute Gasteiger partial charge is 0.502 e. The number of rotatable bonds is 0. The predicted molar refractivity (Wildman–Crippen MR) is 57.7 cm³/mol. The average Bonchev–Trinajstić information content (AvgIpc) is 2.73. The van der Waals surface area contributed by atoms with Crippen LogP contribution in [-0.2, 0) is 4.79 Å². The first-order valence-electron chi connectivity index (χ1n) is 4.84. The predicted octanol–water partition coefficient (Wildman–Crippen LogP) is 1.98. The first-order chi connectivity index (χ1) is 8.11. The molecule has 0 radical (unpaired) electrons. The quantitative estimate of drug-likeness (QED) is 0.675. The summed E-state index contributed by atoms with van der Waals surface area (Å²) >= 11 is 0. The first kappa shape index (κ1) is 9.65. The van der Waals surface area contributed by atoms with Crippen LogP contribution in [0.4, 0.5) is 0 Å². The van der Waals surface area contributed by atoms with E-state index < -0.39 is 23.1 Å². The summed E-state index contributed by atoms with van der Waals surface area (Å²) in [6.07, 6.45) is 0. The molecule has 17 heavy (non-hydrogen) atoms. The minimum Gasteiger partial charge on any atom is -0.502 e. The Bertz CT molecular complexity index is 705. The summed E-state index contributed by atoms with van der Waals surface area (Å²) in [5, 5.41) is 19.3. The Hall–Kier alpha value is -2.56. The van der Waals surface area contributed by atoms with Gasteiger partial charge in [0.05, 0.1) is 5.56 Å². The Morgan fingerprint density at radius 3 is 2.41 bits per heavy atom. The van der Waals surface area contributed by atoms with Gasteiger partial charge in [0.25, 0.3) is 5.78 Å². The van der Waals surface area contributed by atoms with Crippen molar-refractivity contribution >= 4 is 28.3 Å². The van der Waals surface area contributed by atoms with E-state index in [0.717, 1.165) is 0 Å². The van der Waals surface area contributed by atoms with Crippen molar-refractivity contribution < 1.29 is 24.2 Å². The Morgan fingerprint density at radius 1 is 0.941 bits per heavy atom. The van der Waals surface area contributed by atoms with Crippen LogP contribution in [0.2, 0.25) is 0 Å². The minimum atomic E-state index is -1.12. The summed E-state index contributed by atoms with van der Waals surface area (Å²) < 4.78 is 5.25. The lowest BCUT2D eigenvalue weighted by Gasteiger charge is -2.08. The zero-order chi connectivity index (χ0) is 12.2. The second-order valence-electron chi connectivity index (χ2n) is 3.66. The van der Waals surface area contributed by atoms with Gasteiger partial charge in [0.1, 0.15) is 5.58 Å². The van der Waals surface area contributed by atoms with E-state index in [1.54, 1.807) is 24.3 Å². The molecule has 1 aromatic carbocycles. The molecule has 0 amide bonds. The van der Waals surface area contributed by atoms with Crippen LogP contribution >= 0.6 is 0 Å². The lowest BCUT2D eigenvalue weighted by atomic mass is 9.96. The second-order valence-corrected chi connectivity index (χ2v) is 3.66. The molecule has 0 fully saturated rings. The molecule has 0 aliphatic heterocycles. The van der Waals surface area contributed by atoms with Crippen molar-refractivity contribution in [2.45, 2.75) is 0 Å². The van der Waals surface area contributed by atoms with E-state index in [0.29, 0.717) is 11.0 Å². The number of hydrogen-bond acceptors (Lipinski definition) is 5.